The predicted molar refractivity (Wildman–Crippen MR) is 72.7 cm³/mol. The highest BCUT2D eigenvalue weighted by molar-refractivity contribution is 6.01. The summed E-state index contributed by atoms with van der Waals surface area (Å²) in [5.74, 6) is 0.632. The molecule has 5 rings (SSSR count). The van der Waals surface area contributed by atoms with E-state index in [9.17, 15) is 0 Å². The van der Waals surface area contributed by atoms with Gasteiger partial charge in [-0.05, 0) is 31.2 Å². The number of imidazole rings is 1. The predicted octanol–water partition coefficient (Wildman–Crippen LogP) is 1.96. The van der Waals surface area contributed by atoms with Crippen molar-refractivity contribution in [3.63, 3.8) is 0 Å². The zero-order chi connectivity index (χ0) is 12.6. The van der Waals surface area contributed by atoms with E-state index >= 15 is 0 Å². The van der Waals surface area contributed by atoms with E-state index in [1.165, 1.54) is 18.4 Å². The van der Waals surface area contributed by atoms with Gasteiger partial charge >= 0.3 is 0 Å². The van der Waals surface area contributed by atoms with Crippen LogP contribution in [0.5, 0.6) is 0 Å². The molecule has 19 heavy (non-hydrogen) atoms. The monoisotopic (exact) mass is 253 g/mol. The third-order valence-electron chi connectivity index (χ3n) is 5.19. The molecule has 2 aliphatic rings. The van der Waals surface area contributed by atoms with E-state index in [-0.39, 0.29) is 5.54 Å². The van der Waals surface area contributed by atoms with Crippen molar-refractivity contribution in [2.24, 2.45) is 11.7 Å². The Morgan fingerprint density at radius 3 is 3.11 bits per heavy atom. The van der Waals surface area contributed by atoms with Gasteiger partial charge in [-0.15, -0.1) is 0 Å². The van der Waals surface area contributed by atoms with Crippen LogP contribution in [0.4, 0.5) is 0 Å². The fraction of sp³-hybridized carbons (Fsp3) is 0.429. The van der Waals surface area contributed by atoms with Crippen LogP contribution in [0, 0.1) is 5.92 Å². The fourth-order valence-electron chi connectivity index (χ4n) is 3.96. The number of fused-ring (bicyclic) bond motifs is 4. The second-order valence-electron chi connectivity index (χ2n) is 6.03. The number of hydrogen-bond donors (Lipinski definition) is 2. The van der Waals surface area contributed by atoms with Gasteiger partial charge < -0.3 is 15.3 Å². The maximum atomic E-state index is 6.33. The van der Waals surface area contributed by atoms with Crippen molar-refractivity contribution in [1.82, 2.24) is 19.5 Å². The topological polar surface area (TPSA) is 72.5 Å². The summed E-state index contributed by atoms with van der Waals surface area (Å²) in [6, 6.07) is 2.60. The van der Waals surface area contributed by atoms with E-state index in [1.807, 2.05) is 18.7 Å². The maximum Gasteiger partial charge on any atom is 0.139 e. The number of H-pyrrole nitrogens is 1. The Morgan fingerprint density at radius 1 is 1.42 bits per heavy atom. The van der Waals surface area contributed by atoms with Crippen molar-refractivity contribution < 1.29 is 0 Å². The summed E-state index contributed by atoms with van der Waals surface area (Å²) in [4.78, 5) is 12.1. The summed E-state index contributed by atoms with van der Waals surface area (Å²) in [7, 11) is 0. The summed E-state index contributed by atoms with van der Waals surface area (Å²) in [6.07, 6.45) is 9.26. The number of nitrogens with two attached hydrogens (primary N) is 1. The molecule has 0 bridgehead atoms. The average Bonchev–Trinajstić information content (AvgIpc) is 3.02. The molecular formula is C14H15N5. The lowest BCUT2D eigenvalue weighted by Gasteiger charge is -2.61. The third kappa shape index (κ3) is 1.06. The van der Waals surface area contributed by atoms with Gasteiger partial charge in [-0.1, -0.05) is 0 Å². The summed E-state index contributed by atoms with van der Waals surface area (Å²) in [6.45, 7) is 0. The second-order valence-corrected chi connectivity index (χ2v) is 6.03. The van der Waals surface area contributed by atoms with Crippen LogP contribution < -0.4 is 5.73 Å². The first-order valence-corrected chi connectivity index (χ1v) is 6.84. The van der Waals surface area contributed by atoms with Crippen LogP contribution in [0.2, 0.25) is 0 Å². The minimum atomic E-state index is 0.117. The van der Waals surface area contributed by atoms with E-state index in [0.29, 0.717) is 12.0 Å². The van der Waals surface area contributed by atoms with Crippen LogP contribution in [-0.4, -0.2) is 25.1 Å². The molecule has 2 aliphatic carbocycles. The first-order chi connectivity index (χ1) is 9.26. The van der Waals surface area contributed by atoms with Crippen LogP contribution >= 0.6 is 0 Å². The van der Waals surface area contributed by atoms with Crippen LogP contribution in [0.25, 0.3) is 22.1 Å². The Morgan fingerprint density at radius 2 is 2.37 bits per heavy atom. The number of nitrogens with one attached hydrogen (secondary N) is 1. The van der Waals surface area contributed by atoms with E-state index in [2.05, 4.69) is 25.6 Å². The van der Waals surface area contributed by atoms with Crippen LogP contribution in [-0.2, 0) is 0 Å². The molecule has 5 nitrogen and oxygen atoms in total. The molecule has 0 radical (unpaired) electrons. The molecule has 96 valence electrons. The van der Waals surface area contributed by atoms with Crippen molar-refractivity contribution in [3.8, 4) is 0 Å². The van der Waals surface area contributed by atoms with E-state index < -0.39 is 0 Å². The largest absolute Gasteiger partial charge is 0.346 e. The highest BCUT2D eigenvalue weighted by atomic mass is 15.1. The molecule has 0 saturated heterocycles. The van der Waals surface area contributed by atoms with Gasteiger partial charge in [-0.3, -0.25) is 0 Å². The van der Waals surface area contributed by atoms with Gasteiger partial charge in [0.15, 0.2) is 0 Å². The van der Waals surface area contributed by atoms with Gasteiger partial charge in [0.1, 0.15) is 11.2 Å². The number of rotatable bonds is 1. The van der Waals surface area contributed by atoms with Crippen molar-refractivity contribution in [3.05, 3.63) is 24.8 Å². The highest BCUT2D eigenvalue weighted by Gasteiger charge is 2.58. The maximum absolute atomic E-state index is 6.33. The summed E-state index contributed by atoms with van der Waals surface area (Å²) in [5.41, 5.74) is 9.55. The third-order valence-corrected chi connectivity index (χ3v) is 5.19. The molecule has 0 amide bonds. The number of pyridine rings is 1. The molecule has 3 unspecified atom stereocenters. The van der Waals surface area contributed by atoms with E-state index in [1.54, 1.807) is 0 Å². The quantitative estimate of drug-likeness (QED) is 0.696. The van der Waals surface area contributed by atoms with E-state index in [4.69, 9.17) is 5.73 Å². The standard InChI is InChI=1S/C14H15N5/c15-14-3-1-9(14)11(5-14)19-7-18-10-6-17-13-8(12(10)19)2-4-16-13/h2,4,6-7,9,11H,1,3,5,15H2,(H,16,17). The van der Waals surface area contributed by atoms with Gasteiger partial charge in [0.2, 0.25) is 0 Å². The Bertz CT molecular complexity index is 800. The molecule has 2 saturated carbocycles. The number of hydrogen-bond acceptors (Lipinski definition) is 3. The molecule has 3 N–H and O–H groups in total. The van der Waals surface area contributed by atoms with Crippen molar-refractivity contribution in [2.75, 3.05) is 0 Å². The normalized spacial score (nSPS) is 33.1. The SMILES string of the molecule is NC12CCC1C(n1cnc3cnc4[nH]ccc4c31)C2. The van der Waals surface area contributed by atoms with Gasteiger partial charge in [-0.25, -0.2) is 9.97 Å². The average molecular weight is 253 g/mol. The fourth-order valence-corrected chi connectivity index (χ4v) is 3.96. The summed E-state index contributed by atoms with van der Waals surface area (Å²) >= 11 is 0. The molecule has 3 heterocycles. The van der Waals surface area contributed by atoms with Crippen molar-refractivity contribution >= 4 is 22.1 Å². The molecule has 3 atom stereocenters. The smallest absolute Gasteiger partial charge is 0.139 e. The van der Waals surface area contributed by atoms with Crippen LogP contribution in [0.15, 0.2) is 24.8 Å². The van der Waals surface area contributed by atoms with Gasteiger partial charge in [0, 0.05) is 23.2 Å². The lowest BCUT2D eigenvalue weighted by molar-refractivity contribution is -0.0443. The van der Waals surface area contributed by atoms with Crippen molar-refractivity contribution in [1.29, 1.82) is 0 Å². The molecule has 0 aliphatic heterocycles. The van der Waals surface area contributed by atoms with Crippen LogP contribution in [0.1, 0.15) is 25.3 Å². The zero-order valence-electron chi connectivity index (χ0n) is 10.5. The first-order valence-electron chi connectivity index (χ1n) is 6.84. The summed E-state index contributed by atoms with van der Waals surface area (Å²) < 4.78 is 2.32. The summed E-state index contributed by atoms with van der Waals surface area (Å²) in [5, 5.41) is 1.16. The Kier molecular flexibility index (Phi) is 1.57. The Balaban J connectivity index is 1.74. The molecule has 5 heteroatoms. The molecule has 0 aromatic carbocycles. The number of aromatic amines is 1. The van der Waals surface area contributed by atoms with Crippen LogP contribution in [0.3, 0.4) is 0 Å². The lowest BCUT2D eigenvalue weighted by Crippen LogP contribution is -2.67. The van der Waals surface area contributed by atoms with Gasteiger partial charge in [0.05, 0.1) is 18.0 Å². The Labute approximate surface area is 109 Å². The highest BCUT2D eigenvalue weighted by Crippen LogP contribution is 2.58. The van der Waals surface area contributed by atoms with E-state index in [0.717, 1.165) is 23.0 Å². The lowest BCUT2D eigenvalue weighted by atomic mass is 9.51. The number of aromatic nitrogens is 4. The molecule has 3 aromatic heterocycles. The van der Waals surface area contributed by atoms with Crippen molar-refractivity contribution in [2.45, 2.75) is 30.8 Å². The molecule has 3 aromatic rings. The molecular weight excluding hydrogens is 238 g/mol. The van der Waals surface area contributed by atoms with Gasteiger partial charge in [-0.2, -0.15) is 0 Å². The molecule has 2 fully saturated rings. The first kappa shape index (κ1) is 9.97. The molecule has 0 spiro atoms. The minimum absolute atomic E-state index is 0.117. The number of nitrogens with zero attached hydrogens (tertiary/aromatic N) is 3. The van der Waals surface area contributed by atoms with Gasteiger partial charge in [0.25, 0.3) is 0 Å². The second kappa shape index (κ2) is 2.99. The Hall–Kier alpha value is -1.88. The minimum Gasteiger partial charge on any atom is -0.346 e. The zero-order valence-corrected chi connectivity index (χ0v) is 10.5.